The summed E-state index contributed by atoms with van der Waals surface area (Å²) in [6.45, 7) is 0.401. The van der Waals surface area contributed by atoms with Gasteiger partial charge in [-0.1, -0.05) is 28.1 Å². The summed E-state index contributed by atoms with van der Waals surface area (Å²) in [5.41, 5.74) is 0.996. The van der Waals surface area contributed by atoms with Crippen LogP contribution < -0.4 is 0 Å². The minimum Gasteiger partial charge on any atom is -0.465 e. The summed E-state index contributed by atoms with van der Waals surface area (Å²) in [5.74, 6) is 2.04. The van der Waals surface area contributed by atoms with E-state index < -0.39 is 0 Å². The topological polar surface area (TPSA) is 46.6 Å². The molecular weight excluding hydrogens is 370 g/mol. The molecule has 1 aromatic carbocycles. The molecule has 24 heavy (non-hydrogen) atoms. The maximum atomic E-state index is 12.1. The number of nitrogens with zero attached hydrogens (tertiary/aromatic N) is 1. The van der Waals surface area contributed by atoms with Gasteiger partial charge in [-0.05, 0) is 42.5 Å². The Kier molecular flexibility index (Phi) is 5.01. The molecule has 4 nitrogen and oxygen atoms in total. The maximum Gasteiger partial charge on any atom is 0.246 e. The van der Waals surface area contributed by atoms with Crippen LogP contribution in [-0.2, 0) is 11.3 Å². The average Bonchev–Trinajstić information content (AvgIpc) is 3.25. The van der Waals surface area contributed by atoms with Crippen LogP contribution in [0.1, 0.15) is 11.5 Å². The first-order valence-corrected chi connectivity index (χ1v) is 8.22. The molecule has 0 saturated heterocycles. The molecule has 0 aliphatic rings. The van der Waals surface area contributed by atoms with Crippen LogP contribution in [0.4, 0.5) is 0 Å². The summed E-state index contributed by atoms with van der Waals surface area (Å²) in [7, 11) is 1.73. The van der Waals surface area contributed by atoms with Crippen LogP contribution in [0.5, 0.6) is 0 Å². The van der Waals surface area contributed by atoms with Gasteiger partial charge in [-0.2, -0.15) is 0 Å². The number of likely N-dealkylation sites (N-methyl/N-ethyl adjacent to an activating group) is 1. The van der Waals surface area contributed by atoms with Crippen LogP contribution in [-0.4, -0.2) is 17.9 Å². The van der Waals surface area contributed by atoms with Crippen LogP contribution in [0.3, 0.4) is 0 Å². The first-order valence-electron chi connectivity index (χ1n) is 7.43. The number of hydrogen-bond donors (Lipinski definition) is 0. The number of rotatable bonds is 5. The van der Waals surface area contributed by atoms with Gasteiger partial charge in [-0.25, -0.2) is 0 Å². The van der Waals surface area contributed by atoms with Crippen molar-refractivity contribution in [2.45, 2.75) is 6.54 Å². The average molecular weight is 386 g/mol. The fraction of sp³-hybridized carbons (Fsp3) is 0.105. The quantitative estimate of drug-likeness (QED) is 0.582. The Morgan fingerprint density at radius 2 is 1.96 bits per heavy atom. The van der Waals surface area contributed by atoms with Crippen LogP contribution in [0.25, 0.3) is 17.4 Å². The second-order valence-corrected chi connectivity index (χ2v) is 6.23. The number of benzene rings is 1. The summed E-state index contributed by atoms with van der Waals surface area (Å²) < 4.78 is 12.0. The van der Waals surface area contributed by atoms with Crippen molar-refractivity contribution in [2.75, 3.05) is 7.05 Å². The molecular formula is C19H16BrNO3. The number of halogens is 1. The van der Waals surface area contributed by atoms with E-state index in [4.69, 9.17) is 8.83 Å². The lowest BCUT2D eigenvalue weighted by atomic mass is 10.2. The summed E-state index contributed by atoms with van der Waals surface area (Å²) in [4.78, 5) is 13.7. The lowest BCUT2D eigenvalue weighted by molar-refractivity contribution is -0.125. The maximum absolute atomic E-state index is 12.1. The van der Waals surface area contributed by atoms with Gasteiger partial charge in [-0.15, -0.1) is 0 Å². The standard InChI is InChI=1S/C19H16BrNO3/c1-21(19(22)11-9-16-3-2-12-23-16)13-17-8-10-18(24-17)14-4-6-15(20)7-5-14/h2-12H,13H2,1H3. The van der Waals surface area contributed by atoms with E-state index in [1.807, 2.05) is 36.4 Å². The van der Waals surface area contributed by atoms with Crippen molar-refractivity contribution >= 4 is 27.9 Å². The fourth-order valence-corrected chi connectivity index (χ4v) is 2.47. The van der Waals surface area contributed by atoms with Crippen LogP contribution in [0.2, 0.25) is 0 Å². The van der Waals surface area contributed by atoms with Crippen LogP contribution in [0.15, 0.2) is 74.2 Å². The Bertz CT molecular complexity index is 832. The van der Waals surface area contributed by atoms with E-state index in [1.165, 1.54) is 6.08 Å². The summed E-state index contributed by atoms with van der Waals surface area (Å²) >= 11 is 3.41. The third-order valence-corrected chi connectivity index (χ3v) is 4.02. The molecule has 0 atom stereocenters. The molecule has 0 saturated carbocycles. The van der Waals surface area contributed by atoms with E-state index in [0.29, 0.717) is 12.3 Å². The SMILES string of the molecule is CN(Cc1ccc(-c2ccc(Br)cc2)o1)C(=O)C=Cc1ccco1. The van der Waals surface area contributed by atoms with E-state index in [-0.39, 0.29) is 5.91 Å². The first kappa shape index (κ1) is 16.3. The van der Waals surface area contributed by atoms with E-state index in [0.717, 1.165) is 21.6 Å². The molecule has 122 valence electrons. The Labute approximate surface area is 148 Å². The summed E-state index contributed by atoms with van der Waals surface area (Å²) in [6, 6.07) is 15.3. The Balaban J connectivity index is 1.63. The molecule has 0 aliphatic heterocycles. The highest BCUT2D eigenvalue weighted by Crippen LogP contribution is 2.24. The molecule has 0 spiro atoms. The first-order chi connectivity index (χ1) is 11.6. The molecule has 0 radical (unpaired) electrons. The van der Waals surface area contributed by atoms with Gasteiger partial charge in [0.2, 0.25) is 5.91 Å². The second-order valence-electron chi connectivity index (χ2n) is 5.32. The van der Waals surface area contributed by atoms with Crippen molar-refractivity contribution < 1.29 is 13.6 Å². The van der Waals surface area contributed by atoms with Crippen molar-refractivity contribution in [3.05, 3.63) is 76.9 Å². The largest absolute Gasteiger partial charge is 0.465 e. The zero-order chi connectivity index (χ0) is 16.9. The van der Waals surface area contributed by atoms with Crippen molar-refractivity contribution in [1.29, 1.82) is 0 Å². The highest BCUT2D eigenvalue weighted by atomic mass is 79.9. The molecule has 0 unspecified atom stereocenters. The molecule has 2 heterocycles. The minimum absolute atomic E-state index is 0.118. The highest BCUT2D eigenvalue weighted by Gasteiger charge is 2.10. The van der Waals surface area contributed by atoms with Gasteiger partial charge in [0, 0.05) is 23.2 Å². The normalized spacial score (nSPS) is 11.1. The molecule has 3 rings (SSSR count). The molecule has 2 aromatic heterocycles. The van der Waals surface area contributed by atoms with Crippen molar-refractivity contribution in [2.24, 2.45) is 0 Å². The molecule has 1 amide bonds. The second kappa shape index (κ2) is 7.36. The van der Waals surface area contributed by atoms with E-state index in [9.17, 15) is 4.79 Å². The van der Waals surface area contributed by atoms with Crippen molar-refractivity contribution in [3.8, 4) is 11.3 Å². The van der Waals surface area contributed by atoms with Crippen molar-refractivity contribution in [3.63, 3.8) is 0 Å². The third-order valence-electron chi connectivity index (χ3n) is 3.49. The summed E-state index contributed by atoms with van der Waals surface area (Å²) in [6.07, 6.45) is 4.70. The van der Waals surface area contributed by atoms with Gasteiger partial charge in [0.05, 0.1) is 12.8 Å². The molecule has 0 bridgehead atoms. The predicted molar refractivity (Wildman–Crippen MR) is 96.1 cm³/mol. The Morgan fingerprint density at radius 1 is 1.17 bits per heavy atom. The number of carbonyl (C=O) groups excluding carboxylic acids is 1. The van der Waals surface area contributed by atoms with Gasteiger partial charge in [0.25, 0.3) is 0 Å². The van der Waals surface area contributed by atoms with Gasteiger partial charge in [-0.3, -0.25) is 4.79 Å². The Morgan fingerprint density at radius 3 is 2.67 bits per heavy atom. The van der Waals surface area contributed by atoms with Gasteiger partial charge in [0.15, 0.2) is 0 Å². The van der Waals surface area contributed by atoms with Gasteiger partial charge < -0.3 is 13.7 Å². The summed E-state index contributed by atoms with van der Waals surface area (Å²) in [5, 5.41) is 0. The monoisotopic (exact) mass is 385 g/mol. The van der Waals surface area contributed by atoms with E-state index in [1.54, 1.807) is 36.4 Å². The minimum atomic E-state index is -0.118. The fourth-order valence-electron chi connectivity index (χ4n) is 2.21. The lowest BCUT2D eigenvalue weighted by Gasteiger charge is -2.12. The van der Waals surface area contributed by atoms with Crippen LogP contribution >= 0.6 is 15.9 Å². The number of furan rings is 2. The highest BCUT2D eigenvalue weighted by molar-refractivity contribution is 9.10. The Hall–Kier alpha value is -2.53. The number of carbonyl (C=O) groups is 1. The molecule has 0 aliphatic carbocycles. The smallest absolute Gasteiger partial charge is 0.246 e. The molecule has 5 heteroatoms. The molecule has 3 aromatic rings. The van der Waals surface area contributed by atoms with Crippen molar-refractivity contribution in [1.82, 2.24) is 4.90 Å². The molecule has 0 N–H and O–H groups in total. The van der Waals surface area contributed by atoms with E-state index >= 15 is 0 Å². The predicted octanol–water partition coefficient (Wildman–Crippen LogP) is 4.97. The zero-order valence-corrected chi connectivity index (χ0v) is 14.7. The lowest BCUT2D eigenvalue weighted by Crippen LogP contribution is -2.23. The zero-order valence-electron chi connectivity index (χ0n) is 13.1. The number of hydrogen-bond acceptors (Lipinski definition) is 3. The van der Waals surface area contributed by atoms with Gasteiger partial charge in [0.1, 0.15) is 17.3 Å². The van der Waals surface area contributed by atoms with E-state index in [2.05, 4.69) is 15.9 Å². The number of amides is 1. The van der Waals surface area contributed by atoms with Crippen LogP contribution in [0, 0.1) is 0 Å². The third kappa shape index (κ3) is 4.06. The van der Waals surface area contributed by atoms with Gasteiger partial charge >= 0.3 is 0 Å². The molecule has 0 fully saturated rings.